The first kappa shape index (κ1) is 20.4. The third-order valence-electron chi connectivity index (χ3n) is 7.02. The third kappa shape index (κ3) is 6.07. The van der Waals surface area contributed by atoms with Crippen molar-refractivity contribution in [1.29, 1.82) is 0 Å². The molecule has 27 heavy (non-hydrogen) atoms. The maximum atomic E-state index is 5.67. The van der Waals surface area contributed by atoms with E-state index in [1.807, 2.05) is 6.08 Å². The second kappa shape index (κ2) is 10.9. The van der Waals surface area contributed by atoms with Crippen LogP contribution in [0.3, 0.4) is 0 Å². The fourth-order valence-corrected chi connectivity index (χ4v) is 5.30. The first-order chi connectivity index (χ1) is 13.3. The van der Waals surface area contributed by atoms with Crippen LogP contribution in [-0.4, -0.2) is 6.61 Å². The summed E-state index contributed by atoms with van der Waals surface area (Å²) >= 11 is 0. The van der Waals surface area contributed by atoms with Gasteiger partial charge >= 0.3 is 0 Å². The molecule has 148 valence electrons. The van der Waals surface area contributed by atoms with E-state index in [9.17, 15) is 0 Å². The van der Waals surface area contributed by atoms with Crippen LogP contribution in [-0.2, 0) is 11.3 Å². The molecule has 0 radical (unpaired) electrons. The fraction of sp³-hybridized carbons (Fsp3) is 0.615. The minimum atomic E-state index is 0.718. The summed E-state index contributed by atoms with van der Waals surface area (Å²) in [4.78, 5) is 0. The SMILES string of the molecule is C=CCCOCc1ccc([C@H]2CC[C@H]([C@H]3CC[C@H](CC=C)CC3)CC2)cc1. The van der Waals surface area contributed by atoms with Crippen molar-refractivity contribution in [3.8, 4) is 0 Å². The molecule has 0 aromatic heterocycles. The molecule has 2 fully saturated rings. The molecule has 0 spiro atoms. The highest BCUT2D eigenvalue weighted by atomic mass is 16.5. The number of rotatable bonds is 9. The highest BCUT2D eigenvalue weighted by Gasteiger charge is 2.30. The van der Waals surface area contributed by atoms with Crippen LogP contribution in [0.2, 0.25) is 0 Å². The summed E-state index contributed by atoms with van der Waals surface area (Å²) in [6.07, 6.45) is 17.6. The molecule has 0 heterocycles. The van der Waals surface area contributed by atoms with Gasteiger partial charge in [-0.3, -0.25) is 0 Å². The standard InChI is InChI=1S/C26H38O/c1-3-5-19-27-20-22-9-13-24(14-10-22)26-17-15-25(16-18-26)23-11-7-21(6-4-2)8-12-23/h3-4,9-10,13-14,21,23,25-26H,1-2,5-8,11-12,15-20H2/t21-,23-,25-,26-. The molecule has 2 aliphatic carbocycles. The molecule has 3 rings (SSSR count). The van der Waals surface area contributed by atoms with Crippen LogP contribution in [0.1, 0.15) is 81.3 Å². The van der Waals surface area contributed by atoms with Gasteiger partial charge in [-0.25, -0.2) is 0 Å². The van der Waals surface area contributed by atoms with Crippen LogP contribution >= 0.6 is 0 Å². The Labute approximate surface area is 166 Å². The molecular formula is C26H38O. The van der Waals surface area contributed by atoms with Gasteiger partial charge in [-0.15, -0.1) is 13.2 Å². The van der Waals surface area contributed by atoms with Gasteiger partial charge in [0.2, 0.25) is 0 Å². The molecular weight excluding hydrogens is 328 g/mol. The third-order valence-corrected chi connectivity index (χ3v) is 7.02. The van der Waals surface area contributed by atoms with Gasteiger partial charge in [0, 0.05) is 0 Å². The topological polar surface area (TPSA) is 9.23 Å². The van der Waals surface area contributed by atoms with E-state index in [1.165, 1.54) is 68.9 Å². The Balaban J connectivity index is 1.41. The Morgan fingerprint density at radius 1 is 0.815 bits per heavy atom. The lowest BCUT2D eigenvalue weighted by Gasteiger charge is -2.38. The number of hydrogen-bond donors (Lipinski definition) is 0. The molecule has 1 nitrogen and oxygen atoms in total. The van der Waals surface area contributed by atoms with Crippen molar-refractivity contribution in [2.24, 2.45) is 17.8 Å². The van der Waals surface area contributed by atoms with Crippen molar-refractivity contribution < 1.29 is 4.74 Å². The first-order valence-corrected chi connectivity index (χ1v) is 11.2. The molecule has 2 saturated carbocycles. The molecule has 0 atom stereocenters. The lowest BCUT2D eigenvalue weighted by Crippen LogP contribution is -2.25. The Hall–Kier alpha value is -1.34. The summed E-state index contributed by atoms with van der Waals surface area (Å²) in [5.74, 6) is 3.69. The molecule has 2 aliphatic rings. The molecule has 1 heteroatoms. The van der Waals surface area contributed by atoms with E-state index in [4.69, 9.17) is 4.74 Å². The van der Waals surface area contributed by atoms with E-state index < -0.39 is 0 Å². The number of hydrogen-bond acceptors (Lipinski definition) is 1. The summed E-state index contributed by atoms with van der Waals surface area (Å²) in [6, 6.07) is 9.21. The van der Waals surface area contributed by atoms with E-state index in [2.05, 4.69) is 43.5 Å². The Morgan fingerprint density at radius 2 is 1.44 bits per heavy atom. The minimum absolute atomic E-state index is 0.718. The van der Waals surface area contributed by atoms with Gasteiger partial charge in [0.15, 0.2) is 0 Å². The molecule has 1 aromatic carbocycles. The zero-order valence-electron chi connectivity index (χ0n) is 17.1. The smallest absolute Gasteiger partial charge is 0.0717 e. The van der Waals surface area contributed by atoms with Crippen LogP contribution in [0.15, 0.2) is 49.6 Å². The normalized spacial score (nSPS) is 28.6. The van der Waals surface area contributed by atoms with Crippen LogP contribution in [0.25, 0.3) is 0 Å². The average molecular weight is 367 g/mol. The van der Waals surface area contributed by atoms with Crippen molar-refractivity contribution in [1.82, 2.24) is 0 Å². The summed E-state index contributed by atoms with van der Waals surface area (Å²) in [6.45, 7) is 9.13. The van der Waals surface area contributed by atoms with E-state index in [-0.39, 0.29) is 0 Å². The number of allylic oxidation sites excluding steroid dienone is 1. The van der Waals surface area contributed by atoms with Crippen molar-refractivity contribution in [2.45, 2.75) is 76.7 Å². The zero-order valence-corrected chi connectivity index (χ0v) is 17.1. The van der Waals surface area contributed by atoms with Crippen LogP contribution in [0.5, 0.6) is 0 Å². The van der Waals surface area contributed by atoms with Gasteiger partial charge in [0.05, 0.1) is 13.2 Å². The number of ether oxygens (including phenoxy) is 1. The lowest BCUT2D eigenvalue weighted by atomic mass is 9.68. The van der Waals surface area contributed by atoms with Crippen LogP contribution < -0.4 is 0 Å². The molecule has 0 saturated heterocycles. The minimum Gasteiger partial charge on any atom is -0.376 e. The van der Waals surface area contributed by atoms with E-state index in [0.29, 0.717) is 0 Å². The summed E-state index contributed by atoms with van der Waals surface area (Å²) in [5.41, 5.74) is 2.82. The van der Waals surface area contributed by atoms with Gasteiger partial charge in [-0.05, 0) is 99.0 Å². The van der Waals surface area contributed by atoms with Gasteiger partial charge in [-0.1, -0.05) is 36.4 Å². The fourth-order valence-electron chi connectivity index (χ4n) is 5.30. The molecule has 0 aliphatic heterocycles. The Kier molecular flexibility index (Phi) is 8.20. The summed E-state index contributed by atoms with van der Waals surface area (Å²) in [7, 11) is 0. The van der Waals surface area contributed by atoms with E-state index in [1.54, 1.807) is 0 Å². The van der Waals surface area contributed by atoms with Crippen molar-refractivity contribution in [3.05, 3.63) is 60.7 Å². The van der Waals surface area contributed by atoms with Gasteiger partial charge in [0.1, 0.15) is 0 Å². The molecule has 1 aromatic rings. The van der Waals surface area contributed by atoms with E-state index >= 15 is 0 Å². The van der Waals surface area contributed by atoms with Gasteiger partial charge in [-0.2, -0.15) is 0 Å². The zero-order chi connectivity index (χ0) is 18.9. The van der Waals surface area contributed by atoms with Gasteiger partial charge in [0.25, 0.3) is 0 Å². The maximum absolute atomic E-state index is 5.67. The van der Waals surface area contributed by atoms with Crippen LogP contribution in [0, 0.1) is 17.8 Å². The monoisotopic (exact) mass is 366 g/mol. The highest BCUT2D eigenvalue weighted by molar-refractivity contribution is 5.25. The molecule has 0 unspecified atom stereocenters. The van der Waals surface area contributed by atoms with Gasteiger partial charge < -0.3 is 4.74 Å². The Morgan fingerprint density at radius 3 is 2.04 bits per heavy atom. The second-order valence-corrected chi connectivity index (χ2v) is 8.79. The quantitative estimate of drug-likeness (QED) is 0.326. The maximum Gasteiger partial charge on any atom is 0.0717 e. The predicted molar refractivity (Wildman–Crippen MR) is 116 cm³/mol. The first-order valence-electron chi connectivity index (χ1n) is 11.2. The second-order valence-electron chi connectivity index (χ2n) is 8.79. The van der Waals surface area contributed by atoms with Crippen molar-refractivity contribution in [3.63, 3.8) is 0 Å². The summed E-state index contributed by atoms with van der Waals surface area (Å²) < 4.78 is 5.67. The van der Waals surface area contributed by atoms with Crippen molar-refractivity contribution >= 4 is 0 Å². The summed E-state index contributed by atoms with van der Waals surface area (Å²) in [5, 5.41) is 0. The largest absolute Gasteiger partial charge is 0.376 e. The lowest BCUT2D eigenvalue weighted by molar-refractivity contribution is 0.125. The molecule has 0 amide bonds. The number of benzene rings is 1. The molecule has 0 bridgehead atoms. The van der Waals surface area contributed by atoms with Crippen LogP contribution in [0.4, 0.5) is 0 Å². The molecule has 0 N–H and O–H groups in total. The van der Waals surface area contributed by atoms with Crippen molar-refractivity contribution in [2.75, 3.05) is 6.61 Å². The predicted octanol–water partition coefficient (Wildman–Crippen LogP) is 7.44. The average Bonchev–Trinajstić information content (AvgIpc) is 2.73. The highest BCUT2D eigenvalue weighted by Crippen LogP contribution is 2.44. The van der Waals surface area contributed by atoms with E-state index in [0.717, 1.165) is 43.3 Å². The Bertz CT molecular complexity index is 556.